The Hall–Kier alpha value is -1.31. The normalized spacial score (nSPS) is 23.4. The van der Waals surface area contributed by atoms with Gasteiger partial charge in [-0.25, -0.2) is 0 Å². The van der Waals surface area contributed by atoms with E-state index in [1.54, 1.807) is 0 Å². The molecule has 0 N–H and O–H groups in total. The van der Waals surface area contributed by atoms with Gasteiger partial charge in [0.15, 0.2) is 0 Å². The number of carbonyl (C=O) groups is 1. The minimum Gasteiger partial charge on any atom is -0.314 e. The fraction of sp³-hybridized carbons (Fsp3) is 0.417. The van der Waals surface area contributed by atoms with Crippen molar-refractivity contribution in [3.05, 3.63) is 29.3 Å². The van der Waals surface area contributed by atoms with Crippen LogP contribution in [0.15, 0.2) is 18.2 Å². The van der Waals surface area contributed by atoms with Gasteiger partial charge in [0, 0.05) is 18.2 Å². The molecule has 1 aliphatic carbocycles. The van der Waals surface area contributed by atoms with Crippen LogP contribution in [0, 0.1) is 0 Å². The van der Waals surface area contributed by atoms with Gasteiger partial charge in [-0.2, -0.15) is 0 Å². The number of anilines is 1. The van der Waals surface area contributed by atoms with Gasteiger partial charge in [-0.15, -0.1) is 0 Å². The maximum Gasteiger partial charge on any atom is 0.214 e. The summed E-state index contributed by atoms with van der Waals surface area (Å²) in [6, 6.07) is 6.34. The second kappa shape index (κ2) is 2.84. The lowest BCUT2D eigenvalue weighted by molar-refractivity contribution is -0.107. The van der Waals surface area contributed by atoms with E-state index < -0.39 is 0 Å². The van der Waals surface area contributed by atoms with Gasteiger partial charge in [-0.3, -0.25) is 4.79 Å². The van der Waals surface area contributed by atoms with Crippen LogP contribution in [-0.2, 0) is 11.2 Å². The zero-order chi connectivity index (χ0) is 9.54. The molecule has 1 heterocycles. The molecule has 0 fully saturated rings. The number of aryl methyl sites for hydroxylation is 1. The number of hydrogen-bond acceptors (Lipinski definition) is 1. The van der Waals surface area contributed by atoms with Crippen molar-refractivity contribution in [1.82, 2.24) is 0 Å². The highest BCUT2D eigenvalue weighted by atomic mass is 16.1. The number of nitrogens with zero attached hydrogens (tertiary/aromatic N) is 1. The molecule has 14 heavy (non-hydrogen) atoms. The van der Waals surface area contributed by atoms with E-state index in [-0.39, 0.29) is 0 Å². The molecule has 0 saturated heterocycles. The van der Waals surface area contributed by atoms with Crippen LogP contribution in [0.2, 0.25) is 0 Å². The fourth-order valence-corrected chi connectivity index (χ4v) is 2.84. The van der Waals surface area contributed by atoms with Crippen molar-refractivity contribution in [1.29, 1.82) is 0 Å². The van der Waals surface area contributed by atoms with E-state index in [1.807, 2.05) is 4.90 Å². The minimum absolute atomic E-state index is 0.611. The predicted molar refractivity (Wildman–Crippen MR) is 55.5 cm³/mol. The molecule has 2 heteroatoms. The molecule has 1 aromatic carbocycles. The molecule has 0 radical (unpaired) electrons. The molecule has 0 aromatic heterocycles. The molecule has 0 saturated carbocycles. The average Bonchev–Trinajstić information content (AvgIpc) is 2.60. The Bertz CT molecular complexity index is 386. The van der Waals surface area contributed by atoms with Gasteiger partial charge in [0.1, 0.15) is 0 Å². The Morgan fingerprint density at radius 2 is 2.36 bits per heavy atom. The summed E-state index contributed by atoms with van der Waals surface area (Å²) in [5.74, 6) is 0.611. The van der Waals surface area contributed by atoms with Gasteiger partial charge in [0.05, 0.1) is 0 Å². The van der Waals surface area contributed by atoms with Crippen molar-refractivity contribution in [2.24, 2.45) is 0 Å². The van der Waals surface area contributed by atoms with Crippen molar-refractivity contribution in [2.75, 3.05) is 11.4 Å². The molecular weight excluding hydrogens is 174 g/mol. The summed E-state index contributed by atoms with van der Waals surface area (Å²) in [6.07, 6.45) is 4.67. The summed E-state index contributed by atoms with van der Waals surface area (Å²) in [5, 5.41) is 0. The smallest absolute Gasteiger partial charge is 0.214 e. The Kier molecular flexibility index (Phi) is 1.63. The molecule has 2 nitrogen and oxygen atoms in total. The van der Waals surface area contributed by atoms with Gasteiger partial charge >= 0.3 is 0 Å². The van der Waals surface area contributed by atoms with Gasteiger partial charge < -0.3 is 4.90 Å². The molecule has 1 unspecified atom stereocenters. The molecule has 72 valence electrons. The number of carbonyl (C=O) groups excluding carboxylic acids is 1. The predicted octanol–water partition coefficient (Wildman–Crippen LogP) is 2.08. The summed E-state index contributed by atoms with van der Waals surface area (Å²) in [7, 11) is 0. The minimum atomic E-state index is 0.611. The van der Waals surface area contributed by atoms with Crippen LogP contribution in [0.4, 0.5) is 5.69 Å². The summed E-state index contributed by atoms with van der Waals surface area (Å²) in [4.78, 5) is 12.7. The molecule has 1 amide bonds. The third-order valence-electron chi connectivity index (χ3n) is 3.43. The largest absolute Gasteiger partial charge is 0.314 e. The van der Waals surface area contributed by atoms with Crippen LogP contribution in [0.25, 0.3) is 0 Å². The highest BCUT2D eigenvalue weighted by Crippen LogP contribution is 2.43. The lowest BCUT2D eigenvalue weighted by atomic mass is 9.84. The van der Waals surface area contributed by atoms with E-state index in [0.717, 1.165) is 18.6 Å². The highest BCUT2D eigenvalue weighted by molar-refractivity contribution is 5.81. The summed E-state index contributed by atoms with van der Waals surface area (Å²) in [6.45, 7) is 0.899. The van der Waals surface area contributed by atoms with Crippen molar-refractivity contribution in [3.8, 4) is 0 Å². The molecule has 0 spiro atoms. The lowest BCUT2D eigenvalue weighted by Crippen LogP contribution is -2.19. The van der Waals surface area contributed by atoms with Crippen LogP contribution in [0.1, 0.15) is 29.9 Å². The number of benzene rings is 1. The first-order valence-electron chi connectivity index (χ1n) is 5.24. The summed E-state index contributed by atoms with van der Waals surface area (Å²) in [5.41, 5.74) is 4.07. The molecule has 1 aliphatic heterocycles. The molecular formula is C12H13NO. The summed E-state index contributed by atoms with van der Waals surface area (Å²) >= 11 is 0. The van der Waals surface area contributed by atoms with Gasteiger partial charge in [0.2, 0.25) is 6.41 Å². The Morgan fingerprint density at radius 1 is 1.43 bits per heavy atom. The van der Waals surface area contributed by atoms with E-state index in [1.165, 1.54) is 30.4 Å². The van der Waals surface area contributed by atoms with Gasteiger partial charge in [0.25, 0.3) is 0 Å². The van der Waals surface area contributed by atoms with Crippen LogP contribution < -0.4 is 4.90 Å². The standard InChI is InChI=1S/C12H13NO/c14-8-13-7-10-5-1-3-9-4-2-6-11(13)12(9)10/h2,4,6,8,10H,1,3,5,7H2. The van der Waals surface area contributed by atoms with Crippen molar-refractivity contribution >= 4 is 12.1 Å². The van der Waals surface area contributed by atoms with E-state index in [0.29, 0.717) is 5.92 Å². The topological polar surface area (TPSA) is 20.3 Å². The van der Waals surface area contributed by atoms with E-state index >= 15 is 0 Å². The van der Waals surface area contributed by atoms with Crippen LogP contribution in [0.3, 0.4) is 0 Å². The quantitative estimate of drug-likeness (QED) is 0.616. The molecule has 1 aromatic rings. The molecule has 3 rings (SSSR count). The van der Waals surface area contributed by atoms with Gasteiger partial charge in [-0.05, 0) is 36.5 Å². The first-order valence-corrected chi connectivity index (χ1v) is 5.24. The third-order valence-corrected chi connectivity index (χ3v) is 3.43. The Morgan fingerprint density at radius 3 is 3.21 bits per heavy atom. The summed E-state index contributed by atoms with van der Waals surface area (Å²) < 4.78 is 0. The van der Waals surface area contributed by atoms with E-state index in [2.05, 4.69) is 18.2 Å². The molecule has 2 aliphatic rings. The third kappa shape index (κ3) is 0.939. The first-order chi connectivity index (χ1) is 6.90. The van der Waals surface area contributed by atoms with Crippen molar-refractivity contribution < 1.29 is 4.79 Å². The zero-order valence-corrected chi connectivity index (χ0v) is 8.07. The number of amides is 1. The van der Waals surface area contributed by atoms with Crippen LogP contribution in [-0.4, -0.2) is 13.0 Å². The maximum absolute atomic E-state index is 10.9. The monoisotopic (exact) mass is 187 g/mol. The second-order valence-electron chi connectivity index (χ2n) is 4.20. The van der Waals surface area contributed by atoms with Crippen LogP contribution >= 0.6 is 0 Å². The van der Waals surface area contributed by atoms with E-state index in [4.69, 9.17) is 0 Å². The van der Waals surface area contributed by atoms with Crippen molar-refractivity contribution in [2.45, 2.75) is 25.2 Å². The Labute approximate surface area is 83.5 Å². The lowest BCUT2D eigenvalue weighted by Gasteiger charge is -2.19. The van der Waals surface area contributed by atoms with Gasteiger partial charge in [-0.1, -0.05) is 12.1 Å². The second-order valence-corrected chi connectivity index (χ2v) is 4.20. The number of hydrogen-bond donors (Lipinski definition) is 0. The van der Waals surface area contributed by atoms with Crippen molar-refractivity contribution in [3.63, 3.8) is 0 Å². The highest BCUT2D eigenvalue weighted by Gasteiger charge is 2.32. The SMILES string of the molecule is O=CN1CC2CCCc3cccc1c32. The molecule has 1 atom stereocenters. The maximum atomic E-state index is 10.9. The van der Waals surface area contributed by atoms with E-state index in [9.17, 15) is 4.79 Å². The first kappa shape index (κ1) is 8.04. The zero-order valence-electron chi connectivity index (χ0n) is 8.07. The average molecular weight is 187 g/mol. The Balaban J connectivity index is 2.19. The number of rotatable bonds is 1. The van der Waals surface area contributed by atoms with Crippen LogP contribution in [0.5, 0.6) is 0 Å². The fourth-order valence-electron chi connectivity index (χ4n) is 2.84. The molecule has 0 bridgehead atoms.